The normalized spacial score (nSPS) is 10.9. The lowest BCUT2D eigenvalue weighted by molar-refractivity contribution is -0.133. The molecule has 3 aromatic carbocycles. The van der Waals surface area contributed by atoms with Gasteiger partial charge in [-0.05, 0) is 79.3 Å². The van der Waals surface area contributed by atoms with Crippen molar-refractivity contribution >= 4 is 11.8 Å². The van der Waals surface area contributed by atoms with Crippen molar-refractivity contribution in [1.82, 2.24) is 14.4 Å². The van der Waals surface area contributed by atoms with E-state index in [1.807, 2.05) is 96.9 Å². The van der Waals surface area contributed by atoms with Crippen LogP contribution < -0.4 is 4.74 Å². The Morgan fingerprint density at radius 1 is 0.761 bits per heavy atom. The lowest BCUT2D eigenvalue weighted by atomic mass is 10.0. The number of rotatable bonds is 19. The number of methoxy groups -OCH3 is 1. The van der Waals surface area contributed by atoms with Crippen LogP contribution in [-0.4, -0.2) is 59.6 Å². The zero-order valence-electron chi connectivity index (χ0n) is 27.7. The van der Waals surface area contributed by atoms with Crippen molar-refractivity contribution in [3.05, 3.63) is 125 Å². The average Bonchev–Trinajstić information content (AvgIpc) is 3.52. The van der Waals surface area contributed by atoms with Gasteiger partial charge in [-0.2, -0.15) is 0 Å². The average molecular weight is 624 g/mol. The zero-order valence-corrected chi connectivity index (χ0v) is 27.7. The van der Waals surface area contributed by atoms with Crippen LogP contribution >= 0.6 is 0 Å². The summed E-state index contributed by atoms with van der Waals surface area (Å²) in [7, 11) is 1.67. The van der Waals surface area contributed by atoms with Gasteiger partial charge in [-0.25, -0.2) is 0 Å². The molecule has 7 heteroatoms. The van der Waals surface area contributed by atoms with Crippen LogP contribution in [-0.2, 0) is 35.6 Å². The van der Waals surface area contributed by atoms with Gasteiger partial charge in [-0.15, -0.1) is 0 Å². The zero-order chi connectivity index (χ0) is 32.6. The van der Waals surface area contributed by atoms with Crippen LogP contribution in [0.25, 0.3) is 0 Å². The molecule has 0 N–H and O–H groups in total. The summed E-state index contributed by atoms with van der Waals surface area (Å²) in [6.07, 6.45) is 7.21. The number of aryl methyl sites for hydroxylation is 1. The number of benzene rings is 3. The van der Waals surface area contributed by atoms with Gasteiger partial charge in [0.15, 0.2) is 0 Å². The predicted molar refractivity (Wildman–Crippen MR) is 184 cm³/mol. The smallest absolute Gasteiger partial charge is 0.254 e. The molecule has 0 spiro atoms. The quantitative estimate of drug-likeness (QED) is 0.102. The highest BCUT2D eigenvalue weighted by atomic mass is 16.5. The molecule has 0 aliphatic heterocycles. The number of hydrogen-bond donors (Lipinski definition) is 0. The van der Waals surface area contributed by atoms with Gasteiger partial charge in [0, 0.05) is 50.3 Å². The van der Waals surface area contributed by atoms with Crippen molar-refractivity contribution in [3.63, 3.8) is 0 Å². The highest BCUT2D eigenvalue weighted by molar-refractivity contribution is 5.96. The molecule has 0 saturated carbocycles. The van der Waals surface area contributed by atoms with Gasteiger partial charge in [0.25, 0.3) is 5.91 Å². The van der Waals surface area contributed by atoms with Crippen molar-refractivity contribution in [2.45, 2.75) is 65.6 Å². The fourth-order valence-corrected chi connectivity index (χ4v) is 5.54. The third-order valence-corrected chi connectivity index (χ3v) is 8.14. The van der Waals surface area contributed by atoms with Crippen molar-refractivity contribution in [2.24, 2.45) is 0 Å². The Morgan fingerprint density at radius 2 is 1.54 bits per heavy atom. The second-order valence-corrected chi connectivity index (χ2v) is 11.6. The molecule has 7 nitrogen and oxygen atoms in total. The van der Waals surface area contributed by atoms with Gasteiger partial charge in [0.2, 0.25) is 5.91 Å². The van der Waals surface area contributed by atoms with E-state index in [0.717, 1.165) is 35.4 Å². The van der Waals surface area contributed by atoms with Gasteiger partial charge in [0.1, 0.15) is 12.3 Å². The number of nitrogens with zero attached hydrogens (tertiary/aromatic N) is 3. The van der Waals surface area contributed by atoms with Gasteiger partial charge in [-0.3, -0.25) is 9.59 Å². The van der Waals surface area contributed by atoms with Crippen LogP contribution in [0.4, 0.5) is 0 Å². The van der Waals surface area contributed by atoms with E-state index >= 15 is 0 Å². The van der Waals surface area contributed by atoms with E-state index in [4.69, 9.17) is 9.47 Å². The molecular formula is C39H49N3O4. The Bertz CT molecular complexity index is 1480. The maximum atomic E-state index is 14.1. The topological polar surface area (TPSA) is 64.0 Å². The molecule has 1 heterocycles. The number of carbonyl (C=O) groups is 2. The van der Waals surface area contributed by atoms with Gasteiger partial charge in [-0.1, -0.05) is 74.4 Å². The minimum Gasteiger partial charge on any atom is -0.497 e. The first-order valence-electron chi connectivity index (χ1n) is 16.5. The number of amides is 2. The van der Waals surface area contributed by atoms with Crippen LogP contribution in [0.5, 0.6) is 5.75 Å². The molecule has 0 fully saturated rings. The Kier molecular flexibility index (Phi) is 13.9. The molecule has 244 valence electrons. The number of aromatic nitrogens is 1. The molecule has 2 amide bonds. The number of ether oxygens (including phenoxy) is 2. The van der Waals surface area contributed by atoms with Crippen LogP contribution in [0.2, 0.25) is 0 Å². The number of unbranched alkanes of at least 4 members (excludes halogenated alkanes) is 2. The molecule has 1 aromatic heterocycles. The third-order valence-electron chi connectivity index (χ3n) is 8.14. The van der Waals surface area contributed by atoms with E-state index < -0.39 is 0 Å². The van der Waals surface area contributed by atoms with Crippen molar-refractivity contribution in [3.8, 4) is 5.75 Å². The summed E-state index contributed by atoms with van der Waals surface area (Å²) in [6.45, 7) is 7.26. The van der Waals surface area contributed by atoms with E-state index in [1.165, 1.54) is 18.4 Å². The predicted octanol–water partition coefficient (Wildman–Crippen LogP) is 7.38. The maximum Gasteiger partial charge on any atom is 0.254 e. The number of hydrogen-bond acceptors (Lipinski definition) is 4. The largest absolute Gasteiger partial charge is 0.497 e. The van der Waals surface area contributed by atoms with Crippen molar-refractivity contribution < 1.29 is 19.1 Å². The minimum absolute atomic E-state index is 0.00731. The molecule has 0 radical (unpaired) electrons. The standard InChI is InChI=1S/C39H49N3O4/c1-4-6-8-14-32-20-22-35(23-21-32)39(44)41(25-13-26-46-5-2)31-38(43)42(28-33-15-9-7-10-16-33)30-36-18-12-24-40(36)29-34-17-11-19-37(27-34)45-3/h7,9-12,15-24,27H,4-6,8,13-14,25-26,28-31H2,1-3H3. The van der Waals surface area contributed by atoms with Crippen LogP contribution in [0.15, 0.2) is 97.2 Å². The number of carbonyl (C=O) groups excluding carboxylic acids is 2. The second kappa shape index (κ2) is 18.6. The monoisotopic (exact) mass is 623 g/mol. The van der Waals surface area contributed by atoms with Crippen LogP contribution in [0.3, 0.4) is 0 Å². The fourth-order valence-electron chi connectivity index (χ4n) is 5.54. The second-order valence-electron chi connectivity index (χ2n) is 11.6. The van der Waals surface area contributed by atoms with Crippen LogP contribution in [0.1, 0.15) is 72.3 Å². The summed E-state index contributed by atoms with van der Waals surface area (Å²) in [4.78, 5) is 31.5. The molecule has 46 heavy (non-hydrogen) atoms. The minimum atomic E-state index is -0.133. The van der Waals surface area contributed by atoms with E-state index in [2.05, 4.69) is 23.6 Å². The first-order valence-corrected chi connectivity index (χ1v) is 16.5. The first kappa shape index (κ1) is 34.5. The lowest BCUT2D eigenvalue weighted by Crippen LogP contribution is -2.43. The Labute approximate surface area is 274 Å². The molecule has 0 bridgehead atoms. The first-order chi connectivity index (χ1) is 22.5. The molecule has 0 aliphatic rings. The SMILES string of the molecule is CCCCCc1ccc(C(=O)N(CCCOCC)CC(=O)N(Cc2ccccc2)Cc2cccn2Cc2cccc(OC)c2)cc1. The summed E-state index contributed by atoms with van der Waals surface area (Å²) >= 11 is 0. The van der Waals surface area contributed by atoms with E-state index in [0.29, 0.717) is 51.4 Å². The van der Waals surface area contributed by atoms with Gasteiger partial charge >= 0.3 is 0 Å². The van der Waals surface area contributed by atoms with Crippen molar-refractivity contribution in [1.29, 1.82) is 0 Å². The lowest BCUT2D eigenvalue weighted by Gasteiger charge is -2.28. The molecule has 0 aliphatic carbocycles. The third kappa shape index (κ3) is 10.6. The summed E-state index contributed by atoms with van der Waals surface area (Å²) in [6, 6.07) is 30.0. The Morgan fingerprint density at radius 3 is 2.28 bits per heavy atom. The van der Waals surface area contributed by atoms with E-state index in [-0.39, 0.29) is 18.4 Å². The molecular weight excluding hydrogens is 574 g/mol. The summed E-state index contributed by atoms with van der Waals surface area (Å²) in [5.74, 6) is 0.581. The van der Waals surface area contributed by atoms with E-state index in [9.17, 15) is 9.59 Å². The highest BCUT2D eigenvalue weighted by Crippen LogP contribution is 2.18. The molecule has 0 unspecified atom stereocenters. The molecule has 4 rings (SSSR count). The van der Waals surface area contributed by atoms with Crippen LogP contribution in [0, 0.1) is 0 Å². The van der Waals surface area contributed by atoms with Crippen molar-refractivity contribution in [2.75, 3.05) is 33.4 Å². The molecule has 0 atom stereocenters. The summed E-state index contributed by atoms with van der Waals surface area (Å²) in [5.41, 5.74) is 5.00. The Balaban J connectivity index is 1.53. The van der Waals surface area contributed by atoms with E-state index in [1.54, 1.807) is 12.0 Å². The molecule has 0 saturated heterocycles. The summed E-state index contributed by atoms with van der Waals surface area (Å²) in [5, 5.41) is 0. The van der Waals surface area contributed by atoms with Gasteiger partial charge < -0.3 is 23.8 Å². The Hall–Kier alpha value is -4.36. The molecule has 4 aromatic rings. The maximum absolute atomic E-state index is 14.1. The fraction of sp³-hybridized carbons (Fsp3) is 0.385. The highest BCUT2D eigenvalue weighted by Gasteiger charge is 2.23. The van der Waals surface area contributed by atoms with Gasteiger partial charge in [0.05, 0.1) is 13.7 Å². The summed E-state index contributed by atoms with van der Waals surface area (Å²) < 4.78 is 13.1.